The molecule has 0 atom stereocenters. The molecule has 1 aromatic heterocycles. The highest BCUT2D eigenvalue weighted by Crippen LogP contribution is 2.21. The molecule has 0 fully saturated rings. The first kappa shape index (κ1) is 14.5. The van der Waals surface area contributed by atoms with Gasteiger partial charge < -0.3 is 15.6 Å². The molecule has 106 valence electrons. The van der Waals surface area contributed by atoms with E-state index in [0.717, 1.165) is 10.6 Å². The lowest BCUT2D eigenvalue weighted by Crippen LogP contribution is -2.17. The summed E-state index contributed by atoms with van der Waals surface area (Å²) in [7, 11) is 0. The van der Waals surface area contributed by atoms with Crippen molar-refractivity contribution in [3.8, 4) is 0 Å². The zero-order valence-corrected chi connectivity index (χ0v) is 12.7. The molecule has 3 N–H and O–H groups in total. The van der Waals surface area contributed by atoms with Crippen molar-refractivity contribution in [1.82, 2.24) is 4.57 Å². The summed E-state index contributed by atoms with van der Waals surface area (Å²) in [6, 6.07) is 9.66. The quantitative estimate of drug-likeness (QED) is 0.845. The fourth-order valence-electron chi connectivity index (χ4n) is 2.01. The number of nitrogen functional groups attached to an aromatic ring is 1. The lowest BCUT2D eigenvalue weighted by atomic mass is 10.3. The number of carbonyl (C=O) groups is 1. The van der Waals surface area contributed by atoms with Gasteiger partial charge in [-0.1, -0.05) is 6.07 Å². The SMILES string of the molecule is CSc1cccc(NC(=O)c2cc(N)cn2C(C)C)c1. The van der Waals surface area contributed by atoms with Crippen LogP contribution in [-0.4, -0.2) is 16.7 Å². The van der Waals surface area contributed by atoms with Crippen molar-refractivity contribution in [2.75, 3.05) is 17.3 Å². The van der Waals surface area contributed by atoms with Crippen LogP contribution in [0.15, 0.2) is 41.4 Å². The van der Waals surface area contributed by atoms with Crippen molar-refractivity contribution < 1.29 is 4.79 Å². The summed E-state index contributed by atoms with van der Waals surface area (Å²) in [5, 5.41) is 2.91. The molecule has 0 saturated carbocycles. The first-order valence-electron chi connectivity index (χ1n) is 6.44. The molecule has 0 saturated heterocycles. The number of rotatable bonds is 4. The predicted molar refractivity (Wildman–Crippen MR) is 85.4 cm³/mol. The Morgan fingerprint density at radius 1 is 1.35 bits per heavy atom. The number of carbonyl (C=O) groups excluding carboxylic acids is 1. The van der Waals surface area contributed by atoms with Gasteiger partial charge in [0.05, 0.1) is 5.69 Å². The standard InChI is InChI=1S/C15H19N3OS/c1-10(2)18-9-11(16)7-14(18)15(19)17-12-5-4-6-13(8-12)20-3/h4-10H,16H2,1-3H3,(H,17,19). The minimum Gasteiger partial charge on any atom is -0.397 e. The molecular weight excluding hydrogens is 270 g/mol. The third-order valence-corrected chi connectivity index (χ3v) is 3.71. The van der Waals surface area contributed by atoms with Crippen LogP contribution in [0.4, 0.5) is 11.4 Å². The summed E-state index contributed by atoms with van der Waals surface area (Å²) in [6.45, 7) is 4.04. The average molecular weight is 289 g/mol. The van der Waals surface area contributed by atoms with Crippen LogP contribution >= 0.6 is 11.8 Å². The van der Waals surface area contributed by atoms with Gasteiger partial charge in [-0.05, 0) is 44.4 Å². The molecule has 0 bridgehead atoms. The number of benzene rings is 1. The molecule has 4 nitrogen and oxygen atoms in total. The molecule has 0 aliphatic carbocycles. The lowest BCUT2D eigenvalue weighted by molar-refractivity contribution is 0.101. The number of anilines is 2. The zero-order valence-electron chi connectivity index (χ0n) is 11.9. The average Bonchev–Trinajstić information content (AvgIpc) is 2.81. The molecule has 0 aliphatic rings. The number of hydrogen-bond acceptors (Lipinski definition) is 3. The molecule has 2 aromatic rings. The van der Waals surface area contributed by atoms with E-state index < -0.39 is 0 Å². The lowest BCUT2D eigenvalue weighted by Gasteiger charge is -2.13. The summed E-state index contributed by atoms with van der Waals surface area (Å²) in [6.07, 6.45) is 3.80. The maximum absolute atomic E-state index is 12.4. The molecule has 1 heterocycles. The Bertz CT molecular complexity index is 619. The van der Waals surface area contributed by atoms with E-state index in [2.05, 4.69) is 5.32 Å². The first-order chi connectivity index (χ1) is 9.51. The fraction of sp³-hybridized carbons (Fsp3) is 0.267. The van der Waals surface area contributed by atoms with Crippen LogP contribution in [0.3, 0.4) is 0 Å². The Morgan fingerprint density at radius 2 is 2.10 bits per heavy atom. The largest absolute Gasteiger partial charge is 0.397 e. The minimum absolute atomic E-state index is 0.145. The van der Waals surface area contributed by atoms with E-state index in [9.17, 15) is 4.79 Å². The van der Waals surface area contributed by atoms with E-state index in [1.165, 1.54) is 0 Å². The van der Waals surface area contributed by atoms with Gasteiger partial charge in [0.2, 0.25) is 0 Å². The van der Waals surface area contributed by atoms with E-state index in [-0.39, 0.29) is 11.9 Å². The Morgan fingerprint density at radius 3 is 2.75 bits per heavy atom. The molecule has 2 rings (SSSR count). The van der Waals surface area contributed by atoms with Crippen LogP contribution in [0.2, 0.25) is 0 Å². The van der Waals surface area contributed by atoms with Gasteiger partial charge in [-0.3, -0.25) is 4.79 Å². The van der Waals surface area contributed by atoms with E-state index >= 15 is 0 Å². The predicted octanol–water partition coefficient (Wildman–Crippen LogP) is 3.63. The second kappa shape index (κ2) is 6.05. The van der Waals surface area contributed by atoms with Crippen molar-refractivity contribution in [2.24, 2.45) is 0 Å². The molecule has 0 unspecified atom stereocenters. The smallest absolute Gasteiger partial charge is 0.272 e. The second-order valence-electron chi connectivity index (χ2n) is 4.85. The molecule has 0 spiro atoms. The van der Waals surface area contributed by atoms with Gasteiger partial charge in [0.25, 0.3) is 5.91 Å². The number of nitrogens with zero attached hydrogens (tertiary/aromatic N) is 1. The highest BCUT2D eigenvalue weighted by molar-refractivity contribution is 7.98. The van der Waals surface area contributed by atoms with Crippen molar-refractivity contribution in [1.29, 1.82) is 0 Å². The molecular formula is C15H19N3OS. The van der Waals surface area contributed by atoms with Crippen LogP contribution in [-0.2, 0) is 0 Å². The maximum atomic E-state index is 12.4. The van der Waals surface area contributed by atoms with Crippen LogP contribution in [0.5, 0.6) is 0 Å². The fourth-order valence-corrected chi connectivity index (χ4v) is 2.47. The summed E-state index contributed by atoms with van der Waals surface area (Å²) in [5.41, 5.74) is 7.75. The Labute approximate surface area is 123 Å². The molecule has 0 radical (unpaired) electrons. The van der Waals surface area contributed by atoms with Gasteiger partial charge in [-0.2, -0.15) is 0 Å². The minimum atomic E-state index is -0.145. The summed E-state index contributed by atoms with van der Waals surface area (Å²) >= 11 is 1.64. The topological polar surface area (TPSA) is 60.1 Å². The highest BCUT2D eigenvalue weighted by Gasteiger charge is 2.15. The van der Waals surface area contributed by atoms with E-state index in [1.807, 2.05) is 48.9 Å². The number of nitrogens with two attached hydrogens (primary N) is 1. The van der Waals surface area contributed by atoms with Gasteiger partial charge in [0.15, 0.2) is 0 Å². The Hall–Kier alpha value is -1.88. The number of thioether (sulfide) groups is 1. The normalized spacial score (nSPS) is 10.8. The number of hydrogen-bond donors (Lipinski definition) is 2. The first-order valence-corrected chi connectivity index (χ1v) is 7.66. The van der Waals surface area contributed by atoms with E-state index in [0.29, 0.717) is 11.4 Å². The van der Waals surface area contributed by atoms with E-state index in [1.54, 1.807) is 24.0 Å². The summed E-state index contributed by atoms with van der Waals surface area (Å²) < 4.78 is 1.88. The third kappa shape index (κ3) is 3.17. The van der Waals surface area contributed by atoms with Gasteiger partial charge >= 0.3 is 0 Å². The van der Waals surface area contributed by atoms with Crippen molar-refractivity contribution in [3.05, 3.63) is 42.2 Å². The number of amides is 1. The molecule has 20 heavy (non-hydrogen) atoms. The maximum Gasteiger partial charge on any atom is 0.272 e. The van der Waals surface area contributed by atoms with Crippen LogP contribution in [0, 0.1) is 0 Å². The van der Waals surface area contributed by atoms with E-state index in [4.69, 9.17) is 5.73 Å². The molecule has 0 aliphatic heterocycles. The number of aromatic nitrogens is 1. The summed E-state index contributed by atoms with van der Waals surface area (Å²) in [4.78, 5) is 13.5. The molecule has 1 aromatic carbocycles. The van der Waals surface area contributed by atoms with Gasteiger partial charge in [0, 0.05) is 22.8 Å². The Balaban J connectivity index is 2.23. The van der Waals surface area contributed by atoms with Gasteiger partial charge in [-0.25, -0.2) is 0 Å². The Kier molecular flexibility index (Phi) is 4.39. The zero-order chi connectivity index (χ0) is 14.7. The number of nitrogens with one attached hydrogen (secondary N) is 1. The van der Waals surface area contributed by atoms with Crippen LogP contribution in [0.25, 0.3) is 0 Å². The van der Waals surface area contributed by atoms with Crippen molar-refractivity contribution in [2.45, 2.75) is 24.8 Å². The van der Waals surface area contributed by atoms with Gasteiger partial charge in [0.1, 0.15) is 5.69 Å². The molecule has 1 amide bonds. The molecule has 5 heteroatoms. The van der Waals surface area contributed by atoms with Crippen molar-refractivity contribution in [3.63, 3.8) is 0 Å². The van der Waals surface area contributed by atoms with Crippen LogP contribution < -0.4 is 11.1 Å². The second-order valence-corrected chi connectivity index (χ2v) is 5.73. The van der Waals surface area contributed by atoms with Crippen molar-refractivity contribution >= 4 is 29.0 Å². The highest BCUT2D eigenvalue weighted by atomic mass is 32.2. The monoisotopic (exact) mass is 289 g/mol. The summed E-state index contributed by atoms with van der Waals surface area (Å²) in [5.74, 6) is -0.145. The van der Waals surface area contributed by atoms with Crippen LogP contribution in [0.1, 0.15) is 30.4 Å². The van der Waals surface area contributed by atoms with Gasteiger partial charge in [-0.15, -0.1) is 11.8 Å². The third-order valence-electron chi connectivity index (χ3n) is 2.99.